The van der Waals surface area contributed by atoms with Gasteiger partial charge in [-0.1, -0.05) is 52.3 Å². The molecular formula is C17H10BrO. The van der Waals surface area contributed by atoms with E-state index < -0.39 is 0 Å². The summed E-state index contributed by atoms with van der Waals surface area (Å²) in [6, 6.07) is 22.1. The first kappa shape index (κ1) is 12.1. The van der Waals surface area contributed by atoms with E-state index in [9.17, 15) is 4.79 Å². The van der Waals surface area contributed by atoms with Crippen LogP contribution in [-0.4, -0.2) is 5.78 Å². The second-order valence-electron chi connectivity index (χ2n) is 4.32. The van der Waals surface area contributed by atoms with E-state index in [4.69, 9.17) is 0 Å². The Morgan fingerprint density at radius 1 is 0.947 bits per heavy atom. The van der Waals surface area contributed by atoms with Gasteiger partial charge in [0.2, 0.25) is 0 Å². The van der Waals surface area contributed by atoms with Gasteiger partial charge < -0.3 is 0 Å². The number of benzene rings is 3. The van der Waals surface area contributed by atoms with Crippen LogP contribution in [0.5, 0.6) is 0 Å². The molecule has 0 amide bonds. The lowest BCUT2D eigenvalue weighted by molar-refractivity contribution is 0.103. The minimum Gasteiger partial charge on any atom is -0.289 e. The smallest absolute Gasteiger partial charge is 0.193 e. The summed E-state index contributed by atoms with van der Waals surface area (Å²) in [5.74, 6) is 0.0293. The summed E-state index contributed by atoms with van der Waals surface area (Å²) < 4.78 is 1.01. The molecule has 0 aromatic heterocycles. The quantitative estimate of drug-likeness (QED) is 0.631. The van der Waals surface area contributed by atoms with Gasteiger partial charge in [0.1, 0.15) is 0 Å². The van der Waals surface area contributed by atoms with E-state index in [1.165, 1.54) is 0 Å². The third-order valence-electron chi connectivity index (χ3n) is 3.01. The Bertz CT molecular complexity index is 748. The van der Waals surface area contributed by atoms with Crippen molar-refractivity contribution >= 4 is 32.5 Å². The summed E-state index contributed by atoms with van der Waals surface area (Å²) in [7, 11) is 0. The molecule has 0 unspecified atom stereocenters. The van der Waals surface area contributed by atoms with E-state index in [0.29, 0.717) is 11.1 Å². The van der Waals surface area contributed by atoms with E-state index in [1.54, 1.807) is 6.07 Å². The molecule has 0 atom stereocenters. The van der Waals surface area contributed by atoms with Crippen molar-refractivity contribution in [3.8, 4) is 0 Å². The molecule has 0 saturated heterocycles. The van der Waals surface area contributed by atoms with Crippen LogP contribution in [0.2, 0.25) is 0 Å². The predicted octanol–water partition coefficient (Wildman–Crippen LogP) is 4.63. The summed E-state index contributed by atoms with van der Waals surface area (Å²) in [5, 5.41) is 2.02. The van der Waals surface area contributed by atoms with Crippen LogP contribution in [0.3, 0.4) is 0 Å². The number of carbonyl (C=O) groups is 1. The molecule has 0 fully saturated rings. The predicted molar refractivity (Wildman–Crippen MR) is 80.4 cm³/mol. The maximum atomic E-state index is 12.3. The molecule has 3 rings (SSSR count). The summed E-state index contributed by atoms with van der Waals surface area (Å²) in [6.07, 6.45) is 0. The number of hydrogen-bond acceptors (Lipinski definition) is 1. The summed E-state index contributed by atoms with van der Waals surface area (Å²) in [5.41, 5.74) is 1.37. The van der Waals surface area contributed by atoms with Crippen molar-refractivity contribution < 1.29 is 4.79 Å². The molecule has 0 aliphatic carbocycles. The van der Waals surface area contributed by atoms with Gasteiger partial charge in [0, 0.05) is 15.6 Å². The highest BCUT2D eigenvalue weighted by molar-refractivity contribution is 9.10. The maximum absolute atomic E-state index is 12.3. The van der Waals surface area contributed by atoms with Crippen molar-refractivity contribution in [1.29, 1.82) is 0 Å². The van der Waals surface area contributed by atoms with E-state index in [-0.39, 0.29) is 5.78 Å². The molecule has 0 bridgehead atoms. The van der Waals surface area contributed by atoms with Gasteiger partial charge in [0.15, 0.2) is 5.78 Å². The molecule has 0 saturated carbocycles. The topological polar surface area (TPSA) is 17.1 Å². The van der Waals surface area contributed by atoms with E-state index in [0.717, 1.165) is 15.2 Å². The van der Waals surface area contributed by atoms with Crippen LogP contribution in [-0.2, 0) is 0 Å². The monoisotopic (exact) mass is 309 g/mol. The Kier molecular flexibility index (Phi) is 3.18. The van der Waals surface area contributed by atoms with Crippen molar-refractivity contribution in [2.45, 2.75) is 0 Å². The molecule has 1 radical (unpaired) electrons. The summed E-state index contributed by atoms with van der Waals surface area (Å²) in [6.45, 7) is 0. The van der Waals surface area contributed by atoms with Crippen LogP contribution in [0.1, 0.15) is 15.9 Å². The zero-order valence-corrected chi connectivity index (χ0v) is 11.6. The second kappa shape index (κ2) is 4.98. The van der Waals surface area contributed by atoms with Crippen molar-refractivity contribution in [1.82, 2.24) is 0 Å². The normalized spacial score (nSPS) is 10.6. The Labute approximate surface area is 120 Å². The van der Waals surface area contributed by atoms with Crippen LogP contribution < -0.4 is 0 Å². The third-order valence-corrected chi connectivity index (χ3v) is 3.50. The highest BCUT2D eigenvalue weighted by Gasteiger charge is 2.09. The number of fused-ring (bicyclic) bond motifs is 1. The Morgan fingerprint density at radius 2 is 1.74 bits per heavy atom. The van der Waals surface area contributed by atoms with Crippen LogP contribution >= 0.6 is 15.9 Å². The largest absolute Gasteiger partial charge is 0.289 e. The van der Waals surface area contributed by atoms with E-state index in [1.807, 2.05) is 54.6 Å². The first-order valence-corrected chi connectivity index (χ1v) is 6.74. The lowest BCUT2D eigenvalue weighted by Gasteiger charge is -2.03. The maximum Gasteiger partial charge on any atom is 0.193 e. The van der Waals surface area contributed by atoms with Gasteiger partial charge in [0.25, 0.3) is 0 Å². The average molecular weight is 310 g/mol. The second-order valence-corrected chi connectivity index (χ2v) is 5.23. The molecule has 91 valence electrons. The fourth-order valence-corrected chi connectivity index (χ4v) is 2.39. The van der Waals surface area contributed by atoms with E-state index >= 15 is 0 Å². The van der Waals surface area contributed by atoms with Gasteiger partial charge in [-0.2, -0.15) is 0 Å². The average Bonchev–Trinajstić information content (AvgIpc) is 2.47. The van der Waals surface area contributed by atoms with Crippen LogP contribution in [0.15, 0.2) is 65.1 Å². The minimum absolute atomic E-state index is 0.0293. The molecule has 19 heavy (non-hydrogen) atoms. The fourth-order valence-electron chi connectivity index (χ4n) is 2.03. The van der Waals surface area contributed by atoms with Gasteiger partial charge in [0.05, 0.1) is 0 Å². The fraction of sp³-hybridized carbons (Fsp3) is 0. The van der Waals surface area contributed by atoms with Crippen LogP contribution in [0.25, 0.3) is 10.8 Å². The third kappa shape index (κ3) is 2.45. The first-order valence-electron chi connectivity index (χ1n) is 5.95. The van der Waals surface area contributed by atoms with Crippen LogP contribution in [0.4, 0.5) is 0 Å². The zero-order valence-electron chi connectivity index (χ0n) is 10.1. The molecule has 3 aromatic carbocycles. The van der Waals surface area contributed by atoms with Crippen molar-refractivity contribution in [2.75, 3.05) is 0 Å². The van der Waals surface area contributed by atoms with Gasteiger partial charge in [-0.25, -0.2) is 0 Å². The number of carbonyl (C=O) groups excluding carboxylic acids is 1. The molecule has 0 aliphatic heterocycles. The molecule has 2 heteroatoms. The Balaban J connectivity index is 2.07. The molecular weight excluding hydrogens is 300 g/mol. The number of halogens is 1. The van der Waals surface area contributed by atoms with Gasteiger partial charge >= 0.3 is 0 Å². The van der Waals surface area contributed by atoms with Crippen molar-refractivity contribution in [2.24, 2.45) is 0 Å². The standard InChI is InChI=1S/C17H10BrO/c18-16-9-8-13-10-15(7-6-14(13)11-16)17(19)12-4-2-1-3-5-12/h1-5,7-11H. The van der Waals surface area contributed by atoms with Gasteiger partial charge in [-0.15, -0.1) is 0 Å². The lowest BCUT2D eigenvalue weighted by atomic mass is 10.0. The first-order chi connectivity index (χ1) is 9.24. The molecule has 0 N–H and O–H groups in total. The minimum atomic E-state index is 0.0293. The molecule has 3 aromatic rings. The zero-order chi connectivity index (χ0) is 13.2. The molecule has 0 heterocycles. The highest BCUT2D eigenvalue weighted by Crippen LogP contribution is 2.21. The Morgan fingerprint density at radius 3 is 2.53 bits per heavy atom. The molecule has 0 aliphatic rings. The number of ketones is 1. The van der Waals surface area contributed by atoms with E-state index in [2.05, 4.69) is 22.0 Å². The summed E-state index contributed by atoms with van der Waals surface area (Å²) >= 11 is 3.43. The van der Waals surface area contributed by atoms with Crippen molar-refractivity contribution in [3.05, 3.63) is 82.3 Å². The summed E-state index contributed by atoms with van der Waals surface area (Å²) in [4.78, 5) is 12.3. The van der Waals surface area contributed by atoms with Crippen LogP contribution in [0, 0.1) is 6.07 Å². The SMILES string of the molecule is O=C(c1ccccc1)c1c[c]c2cc(Br)ccc2c1. The van der Waals surface area contributed by atoms with Crippen molar-refractivity contribution in [3.63, 3.8) is 0 Å². The molecule has 0 spiro atoms. The van der Waals surface area contributed by atoms with Gasteiger partial charge in [-0.3, -0.25) is 4.79 Å². The number of hydrogen-bond donors (Lipinski definition) is 0. The lowest BCUT2D eigenvalue weighted by Crippen LogP contribution is -2.00. The highest BCUT2D eigenvalue weighted by atomic mass is 79.9. The number of rotatable bonds is 2. The van der Waals surface area contributed by atoms with Gasteiger partial charge in [-0.05, 0) is 41.1 Å². The Hall–Kier alpha value is -1.93. The molecule has 1 nitrogen and oxygen atoms in total.